The Labute approximate surface area is 158 Å². The van der Waals surface area contributed by atoms with Gasteiger partial charge in [0.25, 0.3) is 0 Å². The Kier molecular flexibility index (Phi) is 7.16. The number of hydrogen-bond acceptors (Lipinski definition) is 5. The minimum atomic E-state index is -0.296. The van der Waals surface area contributed by atoms with Gasteiger partial charge in [-0.05, 0) is 59.1 Å². The third-order valence-electron chi connectivity index (χ3n) is 4.33. The molecule has 1 aromatic carbocycles. The zero-order valence-corrected chi connectivity index (χ0v) is 16.8. The summed E-state index contributed by atoms with van der Waals surface area (Å²) in [7, 11) is 3.93. The monoisotopic (exact) mass is 379 g/mol. The second-order valence-electron chi connectivity index (χ2n) is 6.15. The van der Waals surface area contributed by atoms with Crippen LogP contribution < -0.4 is 0 Å². The summed E-state index contributed by atoms with van der Waals surface area (Å²) in [6, 6.07) is 6.23. The molecular weight excluding hydrogens is 353 g/mol. The number of aromatic nitrogens is 3. The molecular formula is C18H26FN5OS. The predicted octanol–water partition coefficient (Wildman–Crippen LogP) is 2.99. The number of hydrogen-bond donors (Lipinski definition) is 0. The van der Waals surface area contributed by atoms with Crippen molar-refractivity contribution >= 4 is 17.7 Å². The van der Waals surface area contributed by atoms with Crippen LogP contribution in [0.4, 0.5) is 4.39 Å². The molecule has 0 saturated heterocycles. The highest BCUT2D eigenvalue weighted by molar-refractivity contribution is 7.99. The summed E-state index contributed by atoms with van der Waals surface area (Å²) >= 11 is 1.35. The molecule has 142 valence electrons. The maximum Gasteiger partial charge on any atom is 0.233 e. The number of carbonyl (C=O) groups excluding carboxylic acids is 1. The molecule has 0 aliphatic heterocycles. The molecule has 1 atom stereocenters. The minimum absolute atomic E-state index is 0.0142. The largest absolute Gasteiger partial charge is 0.343 e. The van der Waals surface area contributed by atoms with Crippen molar-refractivity contribution in [2.24, 2.45) is 0 Å². The molecule has 0 fully saturated rings. The molecule has 0 spiro atoms. The van der Waals surface area contributed by atoms with E-state index in [0.29, 0.717) is 18.2 Å². The van der Waals surface area contributed by atoms with E-state index in [1.54, 1.807) is 17.0 Å². The average molecular weight is 380 g/mol. The third-order valence-corrected chi connectivity index (χ3v) is 5.25. The van der Waals surface area contributed by atoms with Crippen molar-refractivity contribution in [3.63, 3.8) is 0 Å². The maximum atomic E-state index is 13.3. The van der Waals surface area contributed by atoms with Crippen molar-refractivity contribution in [1.82, 2.24) is 24.6 Å². The Bertz CT molecular complexity index is 728. The molecule has 26 heavy (non-hydrogen) atoms. The second-order valence-corrected chi connectivity index (χ2v) is 7.09. The molecule has 1 amide bonds. The SMILES string of the molecule is CCN(CC)C(=O)CSc1nnc(C(C)N(C)C)n1-c1ccc(F)cc1. The van der Waals surface area contributed by atoms with E-state index in [0.717, 1.165) is 11.5 Å². The van der Waals surface area contributed by atoms with Crippen LogP contribution in [0.25, 0.3) is 5.69 Å². The maximum absolute atomic E-state index is 13.3. The summed E-state index contributed by atoms with van der Waals surface area (Å²) in [6.07, 6.45) is 0. The summed E-state index contributed by atoms with van der Waals surface area (Å²) in [5.74, 6) is 0.808. The van der Waals surface area contributed by atoms with Crippen LogP contribution in [0.1, 0.15) is 32.6 Å². The van der Waals surface area contributed by atoms with Gasteiger partial charge in [-0.1, -0.05) is 11.8 Å². The van der Waals surface area contributed by atoms with Gasteiger partial charge >= 0.3 is 0 Å². The minimum Gasteiger partial charge on any atom is -0.343 e. The molecule has 6 nitrogen and oxygen atoms in total. The Morgan fingerprint density at radius 3 is 2.35 bits per heavy atom. The lowest BCUT2D eigenvalue weighted by Crippen LogP contribution is -2.32. The third kappa shape index (κ3) is 4.62. The first-order chi connectivity index (χ1) is 12.4. The van der Waals surface area contributed by atoms with Crippen LogP contribution in [-0.4, -0.2) is 63.4 Å². The van der Waals surface area contributed by atoms with Gasteiger partial charge in [-0.2, -0.15) is 0 Å². The number of thioether (sulfide) groups is 1. The van der Waals surface area contributed by atoms with Crippen molar-refractivity contribution in [2.45, 2.75) is 32.0 Å². The first-order valence-corrected chi connectivity index (χ1v) is 9.65. The van der Waals surface area contributed by atoms with Crippen molar-refractivity contribution < 1.29 is 9.18 Å². The Balaban J connectivity index is 2.34. The number of carbonyl (C=O) groups is 1. The summed E-state index contributed by atoms with van der Waals surface area (Å²) in [4.78, 5) is 16.1. The van der Waals surface area contributed by atoms with E-state index in [9.17, 15) is 9.18 Å². The molecule has 1 aromatic heterocycles. The van der Waals surface area contributed by atoms with Crippen LogP contribution >= 0.6 is 11.8 Å². The topological polar surface area (TPSA) is 54.3 Å². The number of rotatable bonds is 8. The molecule has 1 heterocycles. The molecule has 0 bridgehead atoms. The molecule has 0 aliphatic rings. The van der Waals surface area contributed by atoms with Crippen LogP contribution in [0, 0.1) is 5.82 Å². The van der Waals surface area contributed by atoms with Gasteiger partial charge in [0, 0.05) is 18.8 Å². The molecule has 2 aromatic rings. The Morgan fingerprint density at radius 2 is 1.81 bits per heavy atom. The molecule has 0 N–H and O–H groups in total. The van der Waals surface area contributed by atoms with Gasteiger partial charge in [0.15, 0.2) is 11.0 Å². The first-order valence-electron chi connectivity index (χ1n) is 8.67. The van der Waals surface area contributed by atoms with Crippen molar-refractivity contribution in [3.05, 3.63) is 35.9 Å². The van der Waals surface area contributed by atoms with Gasteiger partial charge in [0.1, 0.15) is 5.82 Å². The van der Waals surface area contributed by atoms with Crippen molar-refractivity contribution in [3.8, 4) is 5.69 Å². The molecule has 2 rings (SSSR count). The van der Waals surface area contributed by atoms with Crippen LogP contribution in [0.2, 0.25) is 0 Å². The number of nitrogens with zero attached hydrogens (tertiary/aromatic N) is 5. The van der Waals surface area contributed by atoms with Crippen molar-refractivity contribution in [2.75, 3.05) is 32.9 Å². The highest BCUT2D eigenvalue weighted by atomic mass is 32.2. The second kappa shape index (κ2) is 9.14. The summed E-state index contributed by atoms with van der Waals surface area (Å²) in [5, 5.41) is 9.24. The van der Waals surface area contributed by atoms with Gasteiger partial charge in [0.2, 0.25) is 5.91 Å². The van der Waals surface area contributed by atoms with E-state index in [4.69, 9.17) is 0 Å². The van der Waals surface area contributed by atoms with E-state index in [1.165, 1.54) is 23.9 Å². The quantitative estimate of drug-likeness (QED) is 0.660. The van der Waals surface area contributed by atoms with E-state index < -0.39 is 0 Å². The van der Waals surface area contributed by atoms with Gasteiger partial charge < -0.3 is 4.90 Å². The van der Waals surface area contributed by atoms with E-state index in [2.05, 4.69) is 10.2 Å². The average Bonchev–Trinajstić information content (AvgIpc) is 3.04. The number of halogens is 1. The van der Waals surface area contributed by atoms with E-state index >= 15 is 0 Å². The smallest absolute Gasteiger partial charge is 0.233 e. The molecule has 0 saturated carbocycles. The van der Waals surface area contributed by atoms with Crippen LogP contribution in [0.3, 0.4) is 0 Å². The fraction of sp³-hybridized carbons (Fsp3) is 0.500. The predicted molar refractivity (Wildman–Crippen MR) is 102 cm³/mol. The lowest BCUT2D eigenvalue weighted by Gasteiger charge is -2.21. The zero-order valence-electron chi connectivity index (χ0n) is 15.9. The van der Waals surface area contributed by atoms with Crippen LogP contribution in [0.5, 0.6) is 0 Å². The normalized spacial score (nSPS) is 12.4. The Morgan fingerprint density at radius 1 is 1.19 bits per heavy atom. The van der Waals surface area contributed by atoms with Crippen LogP contribution in [0.15, 0.2) is 29.4 Å². The van der Waals surface area contributed by atoms with Gasteiger partial charge in [-0.25, -0.2) is 4.39 Å². The highest BCUT2D eigenvalue weighted by Crippen LogP contribution is 2.27. The zero-order chi connectivity index (χ0) is 19.3. The van der Waals surface area contributed by atoms with Gasteiger partial charge in [-0.3, -0.25) is 14.3 Å². The molecule has 0 aliphatic carbocycles. The number of amides is 1. The number of benzene rings is 1. The lowest BCUT2D eigenvalue weighted by molar-refractivity contribution is -0.127. The van der Waals surface area contributed by atoms with Gasteiger partial charge in [0.05, 0.1) is 11.8 Å². The van der Waals surface area contributed by atoms with Gasteiger partial charge in [-0.15, -0.1) is 10.2 Å². The van der Waals surface area contributed by atoms with Crippen molar-refractivity contribution in [1.29, 1.82) is 0 Å². The highest BCUT2D eigenvalue weighted by Gasteiger charge is 2.22. The first kappa shape index (κ1) is 20.4. The fourth-order valence-electron chi connectivity index (χ4n) is 2.50. The fourth-order valence-corrected chi connectivity index (χ4v) is 3.36. The standard InChI is InChI=1S/C18H26FN5OS/c1-6-23(7-2)16(25)12-26-18-21-20-17(13(3)22(4)5)24(18)15-10-8-14(19)9-11-15/h8-11,13H,6-7,12H2,1-5H3. The summed E-state index contributed by atoms with van der Waals surface area (Å²) in [6.45, 7) is 7.32. The summed E-state index contributed by atoms with van der Waals surface area (Å²) < 4.78 is 15.2. The molecule has 8 heteroatoms. The molecule has 0 radical (unpaired) electrons. The van der Waals surface area contributed by atoms with Crippen LogP contribution in [-0.2, 0) is 4.79 Å². The van der Waals surface area contributed by atoms with E-state index in [-0.39, 0.29) is 23.5 Å². The lowest BCUT2D eigenvalue weighted by atomic mass is 10.2. The summed E-state index contributed by atoms with van der Waals surface area (Å²) in [5.41, 5.74) is 0.776. The Hall–Kier alpha value is -1.93. The molecule has 1 unspecified atom stereocenters. The van der Waals surface area contributed by atoms with E-state index in [1.807, 2.05) is 44.3 Å².